The third kappa shape index (κ3) is 3.33. The van der Waals surface area contributed by atoms with Crippen LogP contribution in [0, 0.1) is 0 Å². The van der Waals surface area contributed by atoms with Crippen molar-refractivity contribution in [2.24, 2.45) is 0 Å². The molecule has 0 saturated carbocycles. The Kier molecular flexibility index (Phi) is 4.01. The molecule has 2 heterocycles. The molecule has 0 aliphatic carbocycles. The summed E-state index contributed by atoms with van der Waals surface area (Å²) in [6.07, 6.45) is 3.23. The predicted molar refractivity (Wildman–Crippen MR) is 83.5 cm³/mol. The molecule has 1 aliphatic rings. The SMILES string of the molecule is C[C@@H](NS(=O)(=O)c1ccc2c(c1)NC(=O)CO2)c1cccnc1. The number of carbonyl (C=O) groups excluding carboxylic acids is 1. The highest BCUT2D eigenvalue weighted by atomic mass is 32.2. The van der Waals surface area contributed by atoms with Crippen LogP contribution in [0.15, 0.2) is 47.6 Å². The fraction of sp³-hybridized carbons (Fsp3) is 0.200. The fourth-order valence-corrected chi connectivity index (χ4v) is 3.49. The predicted octanol–water partition coefficient (Wildman–Crippen LogP) is 1.45. The van der Waals surface area contributed by atoms with E-state index in [4.69, 9.17) is 4.74 Å². The van der Waals surface area contributed by atoms with Gasteiger partial charge in [0.2, 0.25) is 10.0 Å². The van der Waals surface area contributed by atoms with Crippen LogP contribution in [-0.4, -0.2) is 25.9 Å². The van der Waals surface area contributed by atoms with E-state index in [0.29, 0.717) is 11.4 Å². The minimum Gasteiger partial charge on any atom is -0.482 e. The van der Waals surface area contributed by atoms with Gasteiger partial charge in [-0.25, -0.2) is 13.1 Å². The van der Waals surface area contributed by atoms with Gasteiger partial charge in [0.1, 0.15) is 5.75 Å². The Hall–Kier alpha value is -2.45. The average molecular weight is 333 g/mol. The first-order valence-electron chi connectivity index (χ1n) is 6.95. The number of nitrogens with one attached hydrogen (secondary N) is 2. The maximum atomic E-state index is 12.5. The molecule has 23 heavy (non-hydrogen) atoms. The van der Waals surface area contributed by atoms with Crippen LogP contribution in [0.1, 0.15) is 18.5 Å². The van der Waals surface area contributed by atoms with Crippen molar-refractivity contribution in [1.29, 1.82) is 0 Å². The molecule has 7 nitrogen and oxygen atoms in total. The van der Waals surface area contributed by atoms with E-state index in [1.165, 1.54) is 18.2 Å². The summed E-state index contributed by atoms with van der Waals surface area (Å²) in [7, 11) is -3.74. The Morgan fingerprint density at radius 1 is 1.35 bits per heavy atom. The molecule has 8 heteroatoms. The molecule has 0 bridgehead atoms. The molecule has 0 saturated heterocycles. The van der Waals surface area contributed by atoms with E-state index in [9.17, 15) is 13.2 Å². The van der Waals surface area contributed by atoms with Crippen LogP contribution in [0.4, 0.5) is 5.69 Å². The summed E-state index contributed by atoms with van der Waals surface area (Å²) < 4.78 is 32.8. The zero-order valence-corrected chi connectivity index (χ0v) is 13.1. The van der Waals surface area contributed by atoms with Gasteiger partial charge in [-0.05, 0) is 36.8 Å². The number of nitrogens with zero attached hydrogens (tertiary/aromatic N) is 1. The number of fused-ring (bicyclic) bond motifs is 1. The maximum absolute atomic E-state index is 12.5. The number of hydrogen-bond donors (Lipinski definition) is 2. The van der Waals surface area contributed by atoms with E-state index >= 15 is 0 Å². The molecular formula is C15H15N3O4S. The maximum Gasteiger partial charge on any atom is 0.262 e. The first-order chi connectivity index (χ1) is 11.0. The van der Waals surface area contributed by atoms with Crippen LogP contribution in [0.5, 0.6) is 5.75 Å². The van der Waals surface area contributed by atoms with E-state index < -0.39 is 16.1 Å². The third-order valence-electron chi connectivity index (χ3n) is 3.41. The van der Waals surface area contributed by atoms with E-state index in [1.807, 2.05) is 0 Å². The number of hydrogen-bond acceptors (Lipinski definition) is 5. The number of rotatable bonds is 4. The molecule has 1 aromatic heterocycles. The van der Waals surface area contributed by atoms with Gasteiger partial charge < -0.3 is 10.1 Å². The normalized spacial score (nSPS) is 15.3. The Bertz CT molecular complexity index is 837. The lowest BCUT2D eigenvalue weighted by molar-refractivity contribution is -0.118. The number of benzene rings is 1. The quantitative estimate of drug-likeness (QED) is 0.882. The van der Waals surface area contributed by atoms with Gasteiger partial charge in [-0.2, -0.15) is 0 Å². The summed E-state index contributed by atoms with van der Waals surface area (Å²) in [6, 6.07) is 7.44. The summed E-state index contributed by atoms with van der Waals surface area (Å²) in [5, 5.41) is 2.59. The second-order valence-electron chi connectivity index (χ2n) is 5.12. The van der Waals surface area contributed by atoms with Crippen LogP contribution in [0.2, 0.25) is 0 Å². The van der Waals surface area contributed by atoms with Crippen molar-refractivity contribution in [3.63, 3.8) is 0 Å². The smallest absolute Gasteiger partial charge is 0.262 e. The number of ether oxygens (including phenoxy) is 1. The molecule has 1 aliphatic heterocycles. The minimum absolute atomic E-state index is 0.0535. The molecule has 0 fully saturated rings. The van der Waals surface area contributed by atoms with Crippen molar-refractivity contribution in [1.82, 2.24) is 9.71 Å². The Morgan fingerprint density at radius 3 is 2.91 bits per heavy atom. The lowest BCUT2D eigenvalue weighted by Crippen LogP contribution is -2.28. The van der Waals surface area contributed by atoms with Crippen molar-refractivity contribution >= 4 is 21.6 Å². The second kappa shape index (κ2) is 5.98. The van der Waals surface area contributed by atoms with Crippen LogP contribution in [-0.2, 0) is 14.8 Å². The van der Waals surface area contributed by atoms with Crippen molar-refractivity contribution in [3.05, 3.63) is 48.3 Å². The third-order valence-corrected chi connectivity index (χ3v) is 4.95. The van der Waals surface area contributed by atoms with Gasteiger partial charge in [0.25, 0.3) is 5.91 Å². The Labute approximate surface area is 133 Å². The van der Waals surface area contributed by atoms with Gasteiger partial charge in [-0.1, -0.05) is 6.07 Å². The van der Waals surface area contributed by atoms with Crippen LogP contribution >= 0.6 is 0 Å². The largest absolute Gasteiger partial charge is 0.482 e. The van der Waals surface area contributed by atoms with Gasteiger partial charge in [0, 0.05) is 18.4 Å². The highest BCUT2D eigenvalue weighted by molar-refractivity contribution is 7.89. The lowest BCUT2D eigenvalue weighted by atomic mass is 10.2. The Morgan fingerprint density at radius 2 is 2.17 bits per heavy atom. The first-order valence-corrected chi connectivity index (χ1v) is 8.43. The monoisotopic (exact) mass is 333 g/mol. The molecule has 0 radical (unpaired) electrons. The fourth-order valence-electron chi connectivity index (χ4n) is 2.23. The van der Waals surface area contributed by atoms with Crippen molar-refractivity contribution < 1.29 is 17.9 Å². The number of anilines is 1. The van der Waals surface area contributed by atoms with Gasteiger partial charge in [-0.15, -0.1) is 0 Å². The molecule has 3 rings (SSSR count). The van der Waals surface area contributed by atoms with E-state index in [-0.39, 0.29) is 17.4 Å². The zero-order chi connectivity index (χ0) is 16.4. The molecule has 1 amide bonds. The summed E-state index contributed by atoms with van der Waals surface area (Å²) in [4.78, 5) is 15.4. The summed E-state index contributed by atoms with van der Waals surface area (Å²) in [5.74, 6) is 0.132. The average Bonchev–Trinajstić information content (AvgIpc) is 2.54. The van der Waals surface area contributed by atoms with Crippen molar-refractivity contribution in [3.8, 4) is 5.75 Å². The molecule has 2 aromatic rings. The molecule has 2 N–H and O–H groups in total. The zero-order valence-electron chi connectivity index (χ0n) is 12.3. The van der Waals surface area contributed by atoms with Crippen molar-refractivity contribution in [2.45, 2.75) is 17.9 Å². The second-order valence-corrected chi connectivity index (χ2v) is 6.84. The number of carbonyl (C=O) groups is 1. The van der Waals surface area contributed by atoms with Gasteiger partial charge in [-0.3, -0.25) is 9.78 Å². The van der Waals surface area contributed by atoms with Gasteiger partial charge >= 0.3 is 0 Å². The number of sulfonamides is 1. The molecule has 0 spiro atoms. The lowest BCUT2D eigenvalue weighted by Gasteiger charge is -2.19. The van der Waals surface area contributed by atoms with E-state index in [2.05, 4.69) is 15.0 Å². The van der Waals surface area contributed by atoms with E-state index in [1.54, 1.807) is 31.5 Å². The number of amides is 1. The molecular weight excluding hydrogens is 318 g/mol. The Balaban J connectivity index is 1.85. The number of aromatic nitrogens is 1. The van der Waals surface area contributed by atoms with Crippen LogP contribution in [0.3, 0.4) is 0 Å². The first kappa shape index (κ1) is 15.4. The summed E-state index contributed by atoms with van der Waals surface area (Å²) in [6.45, 7) is 1.66. The van der Waals surface area contributed by atoms with Crippen LogP contribution in [0.25, 0.3) is 0 Å². The standard InChI is InChI=1S/C15H15N3O4S/c1-10(11-3-2-6-16-8-11)18-23(20,21)12-4-5-14-13(7-12)17-15(19)9-22-14/h2-8,10,18H,9H2,1H3,(H,17,19)/t10-/m1/s1. The molecule has 120 valence electrons. The molecule has 1 aromatic carbocycles. The highest BCUT2D eigenvalue weighted by Gasteiger charge is 2.22. The summed E-state index contributed by atoms with van der Waals surface area (Å²) in [5.41, 5.74) is 1.10. The molecule has 1 atom stereocenters. The van der Waals surface area contributed by atoms with Crippen LogP contribution < -0.4 is 14.8 Å². The van der Waals surface area contributed by atoms with E-state index in [0.717, 1.165) is 5.56 Å². The van der Waals surface area contributed by atoms with Gasteiger partial charge in [0.05, 0.1) is 10.6 Å². The highest BCUT2D eigenvalue weighted by Crippen LogP contribution is 2.30. The number of pyridine rings is 1. The topological polar surface area (TPSA) is 97.4 Å². The molecule has 0 unspecified atom stereocenters. The minimum atomic E-state index is -3.74. The summed E-state index contributed by atoms with van der Waals surface area (Å²) >= 11 is 0. The van der Waals surface area contributed by atoms with Gasteiger partial charge in [0.15, 0.2) is 6.61 Å². The van der Waals surface area contributed by atoms with Crippen molar-refractivity contribution in [2.75, 3.05) is 11.9 Å².